The van der Waals surface area contributed by atoms with Gasteiger partial charge in [-0.2, -0.15) is 0 Å². The monoisotopic (exact) mass is 332 g/mol. The zero-order valence-corrected chi connectivity index (χ0v) is 12.9. The highest BCUT2D eigenvalue weighted by Crippen LogP contribution is 2.30. The van der Waals surface area contributed by atoms with Crippen molar-refractivity contribution >= 4 is 22.3 Å². The number of aromatic nitrogens is 2. The first kappa shape index (κ1) is 14.8. The maximum Gasteiger partial charge on any atom is 0.271 e. The number of fused-ring (bicyclic) bond motifs is 2. The van der Waals surface area contributed by atoms with E-state index in [9.17, 15) is 14.9 Å². The summed E-state index contributed by atoms with van der Waals surface area (Å²) in [7, 11) is 0. The second kappa shape index (κ2) is 5.41. The van der Waals surface area contributed by atoms with E-state index < -0.39 is 4.92 Å². The summed E-state index contributed by atoms with van der Waals surface area (Å²) in [5.41, 5.74) is 7.08. The van der Waals surface area contributed by atoms with Crippen molar-refractivity contribution < 1.29 is 4.92 Å². The van der Waals surface area contributed by atoms with Crippen molar-refractivity contribution in [1.82, 2.24) is 9.55 Å². The molecule has 0 radical (unpaired) electrons. The number of nitrogens with zero attached hydrogens (tertiary/aromatic N) is 3. The summed E-state index contributed by atoms with van der Waals surface area (Å²) in [6.07, 6.45) is 1.50. The van der Waals surface area contributed by atoms with Gasteiger partial charge in [-0.15, -0.1) is 0 Å². The molecule has 2 N–H and O–H groups in total. The molecule has 25 heavy (non-hydrogen) atoms. The molecular formula is C18H12N4O3. The van der Waals surface area contributed by atoms with Crippen LogP contribution in [0.15, 0.2) is 65.6 Å². The molecule has 0 saturated heterocycles. The lowest BCUT2D eigenvalue weighted by molar-refractivity contribution is -0.384. The smallest absolute Gasteiger partial charge is 0.271 e. The van der Waals surface area contributed by atoms with Crippen LogP contribution in [0, 0.1) is 10.1 Å². The molecule has 0 spiro atoms. The summed E-state index contributed by atoms with van der Waals surface area (Å²) < 4.78 is 1.41. The topological polar surface area (TPSA) is 104 Å². The van der Waals surface area contributed by atoms with Crippen LogP contribution in [0.1, 0.15) is 0 Å². The van der Waals surface area contributed by atoms with Gasteiger partial charge in [0.05, 0.1) is 22.5 Å². The molecule has 2 aromatic rings. The Morgan fingerprint density at radius 1 is 1.08 bits per heavy atom. The fourth-order valence-corrected chi connectivity index (χ4v) is 2.93. The Morgan fingerprint density at radius 3 is 2.68 bits per heavy atom. The second-order valence-corrected chi connectivity index (χ2v) is 5.59. The third kappa shape index (κ3) is 2.29. The van der Waals surface area contributed by atoms with E-state index in [2.05, 4.69) is 4.98 Å². The molecule has 0 fully saturated rings. The molecule has 0 aliphatic carbocycles. The van der Waals surface area contributed by atoms with E-state index in [1.807, 2.05) is 18.2 Å². The molecule has 7 heteroatoms. The van der Waals surface area contributed by atoms with E-state index in [1.54, 1.807) is 24.3 Å². The Morgan fingerprint density at radius 2 is 1.88 bits per heavy atom. The molecule has 122 valence electrons. The van der Waals surface area contributed by atoms with Gasteiger partial charge in [0.1, 0.15) is 5.82 Å². The molecule has 2 aromatic carbocycles. The van der Waals surface area contributed by atoms with Gasteiger partial charge in [-0.3, -0.25) is 19.5 Å². The third-order valence-electron chi connectivity index (χ3n) is 4.11. The molecule has 0 atom stereocenters. The summed E-state index contributed by atoms with van der Waals surface area (Å²) >= 11 is 0. The van der Waals surface area contributed by atoms with E-state index in [0.29, 0.717) is 28.1 Å². The van der Waals surface area contributed by atoms with Gasteiger partial charge in [-0.05, 0) is 23.6 Å². The molecule has 7 nitrogen and oxygen atoms in total. The van der Waals surface area contributed by atoms with Crippen LogP contribution in [-0.4, -0.2) is 14.5 Å². The van der Waals surface area contributed by atoms with Crippen LogP contribution >= 0.6 is 0 Å². The molecule has 0 unspecified atom stereocenters. The largest absolute Gasteiger partial charge is 0.383 e. The number of nitrogens with two attached hydrogens (primary N) is 1. The van der Waals surface area contributed by atoms with E-state index in [1.165, 1.54) is 22.9 Å². The minimum atomic E-state index is -0.496. The number of nitro benzene ring substituents is 1. The quantitative estimate of drug-likeness (QED) is 0.449. The summed E-state index contributed by atoms with van der Waals surface area (Å²) in [4.78, 5) is 27.9. The van der Waals surface area contributed by atoms with Crippen molar-refractivity contribution in [3.8, 4) is 16.9 Å². The number of hydrogen-bond donors (Lipinski definition) is 1. The summed E-state index contributed by atoms with van der Waals surface area (Å²) in [5.74, 6) is 0.301. The number of nitro groups is 1. The minimum Gasteiger partial charge on any atom is -0.383 e. The fraction of sp³-hybridized carbons (Fsp3) is 0. The lowest BCUT2D eigenvalue weighted by atomic mass is 10.1. The number of nitrogen functional groups attached to an aromatic ring is 1. The molecule has 4 rings (SSSR count). The second-order valence-electron chi connectivity index (χ2n) is 5.59. The highest BCUT2D eigenvalue weighted by Gasteiger charge is 2.18. The number of hydrogen-bond acceptors (Lipinski definition) is 5. The van der Waals surface area contributed by atoms with Crippen LogP contribution in [0.2, 0.25) is 0 Å². The lowest BCUT2D eigenvalue weighted by Crippen LogP contribution is -2.17. The van der Waals surface area contributed by atoms with Crippen molar-refractivity contribution in [2.75, 3.05) is 5.73 Å². The van der Waals surface area contributed by atoms with E-state index in [4.69, 9.17) is 5.73 Å². The number of benzene rings is 2. The van der Waals surface area contributed by atoms with Crippen LogP contribution < -0.4 is 11.3 Å². The molecule has 0 bridgehead atoms. The number of rotatable bonds is 2. The Bertz CT molecular complexity index is 1170. The van der Waals surface area contributed by atoms with Gasteiger partial charge in [-0.1, -0.05) is 24.3 Å². The van der Waals surface area contributed by atoms with Gasteiger partial charge < -0.3 is 5.73 Å². The normalized spacial score (nSPS) is 11.0. The average molecular weight is 332 g/mol. The maximum absolute atomic E-state index is 13.2. The van der Waals surface area contributed by atoms with Gasteiger partial charge in [0, 0.05) is 23.1 Å². The van der Waals surface area contributed by atoms with Crippen LogP contribution in [0.4, 0.5) is 11.5 Å². The Kier molecular flexibility index (Phi) is 3.21. The first-order valence-corrected chi connectivity index (χ1v) is 7.50. The van der Waals surface area contributed by atoms with Crippen LogP contribution in [0.5, 0.6) is 0 Å². The predicted octanol–water partition coefficient (Wildman–Crippen LogP) is 2.98. The predicted molar refractivity (Wildman–Crippen MR) is 95.0 cm³/mol. The highest BCUT2D eigenvalue weighted by atomic mass is 16.6. The van der Waals surface area contributed by atoms with Crippen LogP contribution in [0.25, 0.3) is 27.7 Å². The first-order chi connectivity index (χ1) is 12.1. The number of anilines is 1. The van der Waals surface area contributed by atoms with E-state index in [-0.39, 0.29) is 11.2 Å². The van der Waals surface area contributed by atoms with Gasteiger partial charge in [-0.25, -0.2) is 4.98 Å². The van der Waals surface area contributed by atoms with Crippen molar-refractivity contribution in [2.45, 2.75) is 0 Å². The zero-order chi connectivity index (χ0) is 17.6. The molecule has 2 aliphatic rings. The standard InChI is InChI=1S/C18H12N4O3/c19-17-15-8-11-4-1-2-7-14(11)18(23)21(16(15)10-20-17)12-5-3-6-13(9-12)22(24)25/h1-10H,(H2,19,20). The molecule has 0 aromatic heterocycles. The average Bonchev–Trinajstić information content (AvgIpc) is 2.90. The fourth-order valence-electron chi connectivity index (χ4n) is 2.93. The van der Waals surface area contributed by atoms with Gasteiger partial charge in [0.25, 0.3) is 11.2 Å². The van der Waals surface area contributed by atoms with Crippen molar-refractivity contribution in [3.63, 3.8) is 0 Å². The summed E-state index contributed by atoms with van der Waals surface area (Å²) in [5, 5.41) is 12.3. The molecule has 2 aliphatic heterocycles. The molecule has 0 amide bonds. The van der Waals surface area contributed by atoms with Gasteiger partial charge in [0.15, 0.2) is 0 Å². The summed E-state index contributed by atoms with van der Waals surface area (Å²) in [6.45, 7) is 0. The van der Waals surface area contributed by atoms with Crippen molar-refractivity contribution in [1.29, 1.82) is 0 Å². The SMILES string of the molecule is Nc1ncc2n(-c3cccc([N+](=O)[O-])c3)c(=O)c3ccccc3cc1-2. The highest BCUT2D eigenvalue weighted by molar-refractivity contribution is 5.88. The molecule has 0 saturated carbocycles. The van der Waals surface area contributed by atoms with E-state index in [0.717, 1.165) is 5.39 Å². The van der Waals surface area contributed by atoms with Gasteiger partial charge in [0.2, 0.25) is 0 Å². The third-order valence-corrected chi connectivity index (χ3v) is 4.11. The minimum absolute atomic E-state index is 0.0964. The Balaban J connectivity index is 2.17. The molecular weight excluding hydrogens is 320 g/mol. The Labute approximate surface area is 141 Å². The van der Waals surface area contributed by atoms with Crippen molar-refractivity contribution in [3.05, 3.63) is 81.3 Å². The lowest BCUT2D eigenvalue weighted by Gasteiger charge is -2.08. The molecule has 2 heterocycles. The van der Waals surface area contributed by atoms with Gasteiger partial charge >= 0.3 is 0 Å². The van der Waals surface area contributed by atoms with Crippen LogP contribution in [-0.2, 0) is 0 Å². The zero-order valence-electron chi connectivity index (χ0n) is 12.9. The van der Waals surface area contributed by atoms with E-state index >= 15 is 0 Å². The maximum atomic E-state index is 13.2. The van der Waals surface area contributed by atoms with Crippen molar-refractivity contribution in [2.24, 2.45) is 0 Å². The Hall–Kier alpha value is -3.74. The summed E-state index contributed by atoms with van der Waals surface area (Å²) in [6, 6.07) is 14.9. The first-order valence-electron chi connectivity index (χ1n) is 7.50. The number of non-ortho nitro benzene ring substituents is 1. The van der Waals surface area contributed by atoms with Crippen LogP contribution in [0.3, 0.4) is 0 Å².